The molecule has 0 aliphatic carbocycles. The molecule has 120 valence electrons. The van der Waals surface area contributed by atoms with Gasteiger partial charge in [0.15, 0.2) is 0 Å². The Labute approximate surface area is 128 Å². The molecule has 2 N–H and O–H groups in total. The second kappa shape index (κ2) is 6.98. The molecular formula is C16H29N3O2. The van der Waals surface area contributed by atoms with Gasteiger partial charge in [0.25, 0.3) is 0 Å². The maximum Gasteiger partial charge on any atom is 0.407 e. The first kappa shape index (κ1) is 17.6. The Hall–Kier alpha value is -1.49. The van der Waals surface area contributed by atoms with E-state index in [0.29, 0.717) is 6.54 Å². The second-order valence-electron chi connectivity index (χ2n) is 6.63. The lowest BCUT2D eigenvalue weighted by Crippen LogP contribution is -2.42. The van der Waals surface area contributed by atoms with Crippen molar-refractivity contribution in [3.8, 4) is 0 Å². The molecule has 1 aromatic rings. The van der Waals surface area contributed by atoms with E-state index >= 15 is 0 Å². The molecule has 0 fully saturated rings. The number of nitrogens with zero attached hydrogens (tertiary/aromatic N) is 1. The zero-order chi connectivity index (χ0) is 16.2. The smallest absolute Gasteiger partial charge is 0.407 e. The Morgan fingerprint density at radius 1 is 1.38 bits per heavy atom. The first-order valence-electron chi connectivity index (χ1n) is 7.42. The van der Waals surface area contributed by atoms with Crippen LogP contribution in [0.3, 0.4) is 0 Å². The standard InChI is InChI=1S/C16H29N3O2/c1-11(18-15(20)21-16(4,5)6)9-17-10-14-8-12(2)19(7)13(14)3/h8,11,17H,9-10H2,1-7H3,(H,18,20). The number of alkyl carbamates (subject to hydrolysis) is 1. The van der Waals surface area contributed by atoms with Crippen LogP contribution < -0.4 is 10.6 Å². The monoisotopic (exact) mass is 295 g/mol. The number of rotatable bonds is 5. The van der Waals surface area contributed by atoms with Crippen LogP contribution in [0.2, 0.25) is 0 Å². The van der Waals surface area contributed by atoms with Gasteiger partial charge < -0.3 is 19.9 Å². The molecule has 0 saturated heterocycles. The van der Waals surface area contributed by atoms with Gasteiger partial charge in [-0.15, -0.1) is 0 Å². The van der Waals surface area contributed by atoms with Crippen molar-refractivity contribution in [2.75, 3.05) is 6.54 Å². The van der Waals surface area contributed by atoms with Crippen LogP contribution in [0.15, 0.2) is 6.07 Å². The van der Waals surface area contributed by atoms with Gasteiger partial charge in [-0.3, -0.25) is 0 Å². The maximum absolute atomic E-state index is 11.6. The van der Waals surface area contributed by atoms with E-state index < -0.39 is 5.60 Å². The summed E-state index contributed by atoms with van der Waals surface area (Å²) in [5, 5.41) is 6.19. The number of amides is 1. The van der Waals surface area contributed by atoms with Gasteiger partial charge in [0, 0.05) is 37.6 Å². The van der Waals surface area contributed by atoms with Gasteiger partial charge in [0.05, 0.1) is 0 Å². The highest BCUT2D eigenvalue weighted by molar-refractivity contribution is 5.68. The van der Waals surface area contributed by atoms with E-state index in [1.54, 1.807) is 0 Å². The van der Waals surface area contributed by atoms with Crippen LogP contribution in [0.5, 0.6) is 0 Å². The molecule has 1 rings (SSSR count). The van der Waals surface area contributed by atoms with Gasteiger partial charge >= 0.3 is 6.09 Å². The van der Waals surface area contributed by atoms with Crippen molar-refractivity contribution in [2.24, 2.45) is 7.05 Å². The van der Waals surface area contributed by atoms with Crippen molar-refractivity contribution in [2.45, 2.75) is 59.7 Å². The highest BCUT2D eigenvalue weighted by Crippen LogP contribution is 2.12. The summed E-state index contributed by atoms with van der Waals surface area (Å²) in [7, 11) is 2.07. The van der Waals surface area contributed by atoms with Crippen LogP contribution in [-0.2, 0) is 18.3 Å². The zero-order valence-corrected chi connectivity index (χ0v) is 14.3. The number of aromatic nitrogens is 1. The first-order chi connectivity index (χ1) is 9.60. The molecule has 0 aromatic carbocycles. The summed E-state index contributed by atoms with van der Waals surface area (Å²) in [6.07, 6.45) is -0.372. The van der Waals surface area contributed by atoms with Crippen LogP contribution in [0, 0.1) is 13.8 Å². The highest BCUT2D eigenvalue weighted by atomic mass is 16.6. The van der Waals surface area contributed by atoms with E-state index in [0.717, 1.165) is 6.54 Å². The Bertz CT molecular complexity index is 486. The van der Waals surface area contributed by atoms with E-state index in [2.05, 4.69) is 42.2 Å². The van der Waals surface area contributed by atoms with Crippen molar-refractivity contribution < 1.29 is 9.53 Å². The minimum atomic E-state index is -0.462. The fraction of sp³-hybridized carbons (Fsp3) is 0.688. The second-order valence-corrected chi connectivity index (χ2v) is 6.63. The van der Waals surface area contributed by atoms with Crippen LogP contribution in [0.4, 0.5) is 4.79 Å². The van der Waals surface area contributed by atoms with E-state index in [9.17, 15) is 4.79 Å². The summed E-state index contributed by atoms with van der Waals surface area (Å²) in [6, 6.07) is 2.21. The van der Waals surface area contributed by atoms with Crippen LogP contribution in [0.25, 0.3) is 0 Å². The van der Waals surface area contributed by atoms with Gasteiger partial charge in [0.2, 0.25) is 0 Å². The number of aryl methyl sites for hydroxylation is 1. The van der Waals surface area contributed by atoms with Gasteiger partial charge in [0.1, 0.15) is 5.60 Å². The number of nitrogens with one attached hydrogen (secondary N) is 2. The first-order valence-corrected chi connectivity index (χ1v) is 7.42. The third kappa shape index (κ3) is 5.79. The molecule has 5 nitrogen and oxygen atoms in total. The molecule has 1 heterocycles. The van der Waals surface area contributed by atoms with Crippen molar-refractivity contribution in [3.63, 3.8) is 0 Å². The molecule has 0 aliphatic heterocycles. The van der Waals surface area contributed by atoms with E-state index in [4.69, 9.17) is 4.74 Å². The van der Waals surface area contributed by atoms with Crippen molar-refractivity contribution >= 4 is 6.09 Å². The summed E-state index contributed by atoms with van der Waals surface area (Å²) < 4.78 is 7.41. The number of hydrogen-bond donors (Lipinski definition) is 2. The van der Waals surface area contributed by atoms with Crippen LogP contribution in [0.1, 0.15) is 44.6 Å². The summed E-state index contributed by atoms with van der Waals surface area (Å²) >= 11 is 0. The fourth-order valence-corrected chi connectivity index (χ4v) is 2.10. The molecule has 0 radical (unpaired) electrons. The minimum Gasteiger partial charge on any atom is -0.444 e. The molecule has 0 aliphatic rings. The quantitative estimate of drug-likeness (QED) is 0.878. The lowest BCUT2D eigenvalue weighted by Gasteiger charge is -2.22. The minimum absolute atomic E-state index is 0.0185. The molecule has 1 unspecified atom stereocenters. The summed E-state index contributed by atoms with van der Waals surface area (Å²) in [5.74, 6) is 0. The molecule has 0 saturated carbocycles. The normalized spacial score (nSPS) is 13.1. The maximum atomic E-state index is 11.6. The molecule has 1 amide bonds. The third-order valence-corrected chi connectivity index (χ3v) is 3.41. The lowest BCUT2D eigenvalue weighted by atomic mass is 10.2. The van der Waals surface area contributed by atoms with Gasteiger partial charge in [-0.25, -0.2) is 4.79 Å². The Morgan fingerprint density at radius 2 is 2.00 bits per heavy atom. The Kier molecular flexibility index (Phi) is 5.84. The largest absolute Gasteiger partial charge is 0.444 e. The molecule has 0 bridgehead atoms. The van der Waals surface area contributed by atoms with E-state index in [1.165, 1.54) is 17.0 Å². The number of carbonyl (C=O) groups is 1. The van der Waals surface area contributed by atoms with Gasteiger partial charge in [-0.2, -0.15) is 0 Å². The van der Waals surface area contributed by atoms with Crippen molar-refractivity contribution in [1.82, 2.24) is 15.2 Å². The molecular weight excluding hydrogens is 266 g/mol. The Balaban J connectivity index is 2.35. The fourth-order valence-electron chi connectivity index (χ4n) is 2.10. The molecule has 21 heavy (non-hydrogen) atoms. The van der Waals surface area contributed by atoms with Gasteiger partial charge in [-0.1, -0.05) is 0 Å². The van der Waals surface area contributed by atoms with Gasteiger partial charge in [-0.05, 0) is 53.2 Å². The summed E-state index contributed by atoms with van der Waals surface area (Å²) in [5.41, 5.74) is 3.35. The predicted molar refractivity (Wildman–Crippen MR) is 85.4 cm³/mol. The van der Waals surface area contributed by atoms with E-state index in [1.807, 2.05) is 27.7 Å². The highest BCUT2D eigenvalue weighted by Gasteiger charge is 2.17. The predicted octanol–water partition coefficient (Wildman–Crippen LogP) is 2.64. The third-order valence-electron chi connectivity index (χ3n) is 3.41. The number of carbonyl (C=O) groups excluding carboxylic acids is 1. The number of hydrogen-bond acceptors (Lipinski definition) is 3. The average molecular weight is 295 g/mol. The molecule has 1 atom stereocenters. The molecule has 5 heteroatoms. The number of ether oxygens (including phenoxy) is 1. The molecule has 0 spiro atoms. The summed E-state index contributed by atoms with van der Waals surface area (Å²) in [4.78, 5) is 11.6. The van der Waals surface area contributed by atoms with Crippen molar-refractivity contribution in [1.29, 1.82) is 0 Å². The van der Waals surface area contributed by atoms with E-state index in [-0.39, 0.29) is 12.1 Å². The average Bonchev–Trinajstić information content (AvgIpc) is 2.54. The lowest BCUT2D eigenvalue weighted by molar-refractivity contribution is 0.0508. The molecule has 1 aromatic heterocycles. The zero-order valence-electron chi connectivity index (χ0n) is 14.3. The van der Waals surface area contributed by atoms with Crippen LogP contribution in [-0.4, -0.2) is 28.8 Å². The SMILES string of the molecule is Cc1cc(CNCC(C)NC(=O)OC(C)(C)C)c(C)n1C. The Morgan fingerprint density at radius 3 is 2.48 bits per heavy atom. The topological polar surface area (TPSA) is 55.3 Å². The summed E-state index contributed by atoms with van der Waals surface area (Å²) in [6.45, 7) is 13.2. The van der Waals surface area contributed by atoms with Crippen LogP contribution >= 0.6 is 0 Å². The van der Waals surface area contributed by atoms with Crippen molar-refractivity contribution in [3.05, 3.63) is 23.0 Å².